The van der Waals surface area contributed by atoms with Crippen molar-refractivity contribution in [2.24, 2.45) is 5.92 Å². The molecule has 5 heteroatoms. The number of aromatic nitrogens is 1. The summed E-state index contributed by atoms with van der Waals surface area (Å²) in [5, 5.41) is 0. The lowest BCUT2D eigenvalue weighted by Gasteiger charge is -2.35. The number of carbonyl (C=O) groups excluding carboxylic acids is 1. The van der Waals surface area contributed by atoms with Crippen molar-refractivity contribution in [1.82, 2.24) is 9.88 Å². The van der Waals surface area contributed by atoms with E-state index in [1.54, 1.807) is 18.3 Å². The van der Waals surface area contributed by atoms with Crippen molar-refractivity contribution in [2.45, 2.75) is 12.3 Å². The maximum absolute atomic E-state index is 13.0. The molecular formula is C19H20FN3O. The molecule has 2 aliphatic rings. The average Bonchev–Trinajstić information content (AvgIpc) is 3.43. The lowest BCUT2D eigenvalue weighted by Crippen LogP contribution is -2.49. The Bertz CT molecular complexity index is 711. The number of carbonyl (C=O) groups is 1. The summed E-state index contributed by atoms with van der Waals surface area (Å²) in [6.45, 7) is 3.11. The standard InChI is InChI=1S/C19H20FN3O/c20-15-6-4-14(5-7-15)16-13-17(16)19(24)23-11-9-22(10-12-23)18-3-1-2-8-21-18/h1-8,16-17H,9-13H2. The third-order valence-electron chi connectivity index (χ3n) is 4.97. The van der Waals surface area contributed by atoms with Gasteiger partial charge in [-0.3, -0.25) is 4.79 Å². The van der Waals surface area contributed by atoms with E-state index < -0.39 is 0 Å². The van der Waals surface area contributed by atoms with Crippen LogP contribution in [0.4, 0.5) is 10.2 Å². The molecule has 1 amide bonds. The number of anilines is 1. The van der Waals surface area contributed by atoms with Crippen molar-refractivity contribution in [1.29, 1.82) is 0 Å². The highest BCUT2D eigenvalue weighted by Crippen LogP contribution is 2.48. The van der Waals surface area contributed by atoms with Crippen molar-refractivity contribution >= 4 is 11.7 Å². The minimum absolute atomic E-state index is 0.0665. The molecule has 2 aromatic rings. The molecule has 1 aromatic carbocycles. The second-order valence-electron chi connectivity index (χ2n) is 6.50. The van der Waals surface area contributed by atoms with Gasteiger partial charge >= 0.3 is 0 Å². The van der Waals surface area contributed by atoms with Crippen LogP contribution in [0.25, 0.3) is 0 Å². The molecule has 24 heavy (non-hydrogen) atoms. The van der Waals surface area contributed by atoms with E-state index in [9.17, 15) is 9.18 Å². The smallest absolute Gasteiger partial charge is 0.226 e. The van der Waals surface area contributed by atoms with Gasteiger partial charge in [-0.05, 0) is 42.2 Å². The Balaban J connectivity index is 1.33. The Morgan fingerprint density at radius 1 is 1.04 bits per heavy atom. The number of pyridine rings is 1. The summed E-state index contributed by atoms with van der Waals surface area (Å²) < 4.78 is 13.0. The SMILES string of the molecule is O=C(C1CC1c1ccc(F)cc1)N1CCN(c2ccccn2)CC1. The van der Waals surface area contributed by atoms with Crippen LogP contribution in [-0.2, 0) is 4.79 Å². The molecular weight excluding hydrogens is 305 g/mol. The average molecular weight is 325 g/mol. The zero-order valence-corrected chi connectivity index (χ0v) is 13.4. The highest BCUT2D eigenvalue weighted by Gasteiger charge is 2.46. The quantitative estimate of drug-likeness (QED) is 0.870. The fraction of sp³-hybridized carbons (Fsp3) is 0.368. The Kier molecular flexibility index (Phi) is 3.92. The first kappa shape index (κ1) is 15.1. The summed E-state index contributed by atoms with van der Waals surface area (Å²) in [5.41, 5.74) is 1.07. The number of piperazine rings is 1. The normalized spacial score (nSPS) is 23.2. The number of rotatable bonds is 3. The van der Waals surface area contributed by atoms with Gasteiger partial charge in [-0.1, -0.05) is 18.2 Å². The maximum Gasteiger partial charge on any atom is 0.226 e. The molecule has 2 heterocycles. The number of benzene rings is 1. The second kappa shape index (κ2) is 6.23. The number of halogens is 1. The Hall–Kier alpha value is -2.43. The lowest BCUT2D eigenvalue weighted by molar-refractivity contribution is -0.133. The Morgan fingerprint density at radius 3 is 2.46 bits per heavy atom. The molecule has 4 nitrogen and oxygen atoms in total. The van der Waals surface area contributed by atoms with Gasteiger partial charge in [0.25, 0.3) is 0 Å². The fourth-order valence-corrected chi connectivity index (χ4v) is 3.48. The van der Waals surface area contributed by atoms with E-state index in [-0.39, 0.29) is 23.6 Å². The van der Waals surface area contributed by atoms with Gasteiger partial charge in [0.1, 0.15) is 11.6 Å². The molecule has 1 saturated carbocycles. The fourth-order valence-electron chi connectivity index (χ4n) is 3.48. The van der Waals surface area contributed by atoms with Gasteiger partial charge in [-0.25, -0.2) is 9.37 Å². The van der Waals surface area contributed by atoms with Crippen molar-refractivity contribution in [3.05, 3.63) is 60.0 Å². The van der Waals surface area contributed by atoms with Crippen LogP contribution >= 0.6 is 0 Å². The van der Waals surface area contributed by atoms with Crippen LogP contribution in [-0.4, -0.2) is 42.0 Å². The van der Waals surface area contributed by atoms with E-state index in [0.717, 1.165) is 44.0 Å². The van der Waals surface area contributed by atoms with Gasteiger partial charge in [0.05, 0.1) is 0 Å². The molecule has 0 radical (unpaired) electrons. The van der Waals surface area contributed by atoms with Crippen LogP contribution in [0.2, 0.25) is 0 Å². The summed E-state index contributed by atoms with van der Waals surface area (Å²) in [7, 11) is 0. The molecule has 2 unspecified atom stereocenters. The van der Waals surface area contributed by atoms with E-state index in [1.165, 1.54) is 12.1 Å². The summed E-state index contributed by atoms with van der Waals surface area (Å²) in [4.78, 5) is 21.2. The highest BCUT2D eigenvalue weighted by atomic mass is 19.1. The highest BCUT2D eigenvalue weighted by molar-refractivity contribution is 5.83. The van der Waals surface area contributed by atoms with Gasteiger partial charge in [0.15, 0.2) is 0 Å². The molecule has 0 bridgehead atoms. The zero-order valence-electron chi connectivity index (χ0n) is 13.4. The molecule has 4 rings (SSSR count). The summed E-state index contributed by atoms with van der Waals surface area (Å²) in [5.74, 6) is 1.31. The first-order valence-electron chi connectivity index (χ1n) is 8.42. The number of nitrogens with zero attached hydrogens (tertiary/aromatic N) is 3. The summed E-state index contributed by atoms with van der Waals surface area (Å²) in [6, 6.07) is 12.4. The molecule has 124 valence electrons. The maximum atomic E-state index is 13.0. The molecule has 0 spiro atoms. The molecule has 1 aliphatic heterocycles. The lowest BCUT2D eigenvalue weighted by atomic mass is 10.1. The van der Waals surface area contributed by atoms with Gasteiger partial charge in [0, 0.05) is 38.3 Å². The van der Waals surface area contributed by atoms with Crippen LogP contribution in [0, 0.1) is 11.7 Å². The molecule has 1 saturated heterocycles. The predicted molar refractivity (Wildman–Crippen MR) is 90.3 cm³/mol. The number of amides is 1. The number of hydrogen-bond donors (Lipinski definition) is 0. The van der Waals surface area contributed by atoms with E-state index in [2.05, 4.69) is 9.88 Å². The van der Waals surface area contributed by atoms with Crippen molar-refractivity contribution in [3.63, 3.8) is 0 Å². The number of hydrogen-bond acceptors (Lipinski definition) is 3. The predicted octanol–water partition coefficient (Wildman–Crippen LogP) is 2.67. The third kappa shape index (κ3) is 2.98. The van der Waals surface area contributed by atoms with Crippen molar-refractivity contribution in [3.8, 4) is 0 Å². The molecule has 0 N–H and O–H groups in total. The van der Waals surface area contributed by atoms with Crippen LogP contribution in [0.5, 0.6) is 0 Å². The van der Waals surface area contributed by atoms with Gasteiger partial charge in [-0.15, -0.1) is 0 Å². The molecule has 1 aromatic heterocycles. The first-order chi connectivity index (χ1) is 11.7. The third-order valence-corrected chi connectivity index (χ3v) is 4.97. The van der Waals surface area contributed by atoms with Crippen molar-refractivity contribution in [2.75, 3.05) is 31.1 Å². The Morgan fingerprint density at radius 2 is 1.79 bits per heavy atom. The van der Waals surface area contributed by atoms with Crippen molar-refractivity contribution < 1.29 is 9.18 Å². The van der Waals surface area contributed by atoms with E-state index >= 15 is 0 Å². The van der Waals surface area contributed by atoms with Crippen LogP contribution in [0.3, 0.4) is 0 Å². The molecule has 1 aliphatic carbocycles. The monoisotopic (exact) mass is 325 g/mol. The minimum Gasteiger partial charge on any atom is -0.353 e. The second-order valence-corrected chi connectivity index (χ2v) is 6.50. The first-order valence-corrected chi connectivity index (χ1v) is 8.42. The van der Waals surface area contributed by atoms with Gasteiger partial charge < -0.3 is 9.80 Å². The van der Waals surface area contributed by atoms with E-state index in [4.69, 9.17) is 0 Å². The van der Waals surface area contributed by atoms with Gasteiger partial charge in [-0.2, -0.15) is 0 Å². The van der Waals surface area contributed by atoms with Gasteiger partial charge in [0.2, 0.25) is 5.91 Å². The largest absolute Gasteiger partial charge is 0.353 e. The summed E-state index contributed by atoms with van der Waals surface area (Å²) >= 11 is 0. The summed E-state index contributed by atoms with van der Waals surface area (Å²) in [6.07, 6.45) is 2.68. The Labute approximate surface area is 140 Å². The topological polar surface area (TPSA) is 36.4 Å². The van der Waals surface area contributed by atoms with Crippen LogP contribution in [0.1, 0.15) is 17.9 Å². The minimum atomic E-state index is -0.229. The van der Waals surface area contributed by atoms with E-state index in [1.807, 2.05) is 23.1 Å². The molecule has 2 atom stereocenters. The van der Waals surface area contributed by atoms with E-state index in [0.29, 0.717) is 0 Å². The van der Waals surface area contributed by atoms with Crippen LogP contribution < -0.4 is 4.90 Å². The van der Waals surface area contributed by atoms with Crippen LogP contribution in [0.15, 0.2) is 48.7 Å². The molecule has 2 fully saturated rings. The zero-order chi connectivity index (χ0) is 16.5.